The van der Waals surface area contributed by atoms with Gasteiger partial charge in [-0.2, -0.15) is 0 Å². The first kappa shape index (κ1) is 17.3. The Kier molecular flexibility index (Phi) is 6.03. The number of hydrogen-bond donors (Lipinski definition) is 3. The fourth-order valence-electron chi connectivity index (χ4n) is 1.88. The highest BCUT2D eigenvalue weighted by molar-refractivity contribution is 5.84. The van der Waals surface area contributed by atoms with Crippen LogP contribution in [0.2, 0.25) is 0 Å². The van der Waals surface area contributed by atoms with E-state index in [-0.39, 0.29) is 24.1 Å². The fourth-order valence-corrected chi connectivity index (χ4v) is 1.88. The van der Waals surface area contributed by atoms with Crippen LogP contribution in [0.5, 0.6) is 5.75 Å². The number of hydrogen-bond acceptors (Lipinski definition) is 4. The van der Waals surface area contributed by atoms with Gasteiger partial charge in [0.2, 0.25) is 5.91 Å². The van der Waals surface area contributed by atoms with Crippen molar-refractivity contribution in [3.8, 4) is 5.75 Å². The lowest BCUT2D eigenvalue weighted by molar-refractivity contribution is -0.122. The van der Waals surface area contributed by atoms with Gasteiger partial charge in [0.1, 0.15) is 11.8 Å². The molecule has 0 heterocycles. The van der Waals surface area contributed by atoms with Crippen LogP contribution in [0.4, 0.5) is 5.69 Å². The van der Waals surface area contributed by atoms with Gasteiger partial charge in [-0.15, -0.1) is 0 Å². The maximum Gasteiger partial charge on any atom is 0.242 e. The van der Waals surface area contributed by atoms with E-state index in [1.165, 1.54) is 0 Å². The summed E-state index contributed by atoms with van der Waals surface area (Å²) in [6, 6.07) is 5.07. The van der Waals surface area contributed by atoms with Gasteiger partial charge in [-0.1, -0.05) is 0 Å². The van der Waals surface area contributed by atoms with Gasteiger partial charge in [0, 0.05) is 16.8 Å². The van der Waals surface area contributed by atoms with Gasteiger partial charge in [-0.25, -0.2) is 0 Å². The number of carbonyl (C=O) groups is 1. The van der Waals surface area contributed by atoms with E-state index in [1.807, 2.05) is 33.8 Å². The summed E-state index contributed by atoms with van der Waals surface area (Å²) < 4.78 is 5.43. The summed E-state index contributed by atoms with van der Waals surface area (Å²) in [6.45, 7) is 9.97. The van der Waals surface area contributed by atoms with Crippen LogP contribution in [-0.2, 0) is 11.4 Å². The monoisotopic (exact) mass is 294 g/mol. The standard InChI is InChI=1S/C16H26N2O3/c1-6-21-14-8-7-13(9-12(14)10-19)17-11(2)15(20)18-16(3,4)5/h7-9,11,17,19H,6,10H2,1-5H3,(H,18,20). The maximum absolute atomic E-state index is 12.0. The van der Waals surface area contributed by atoms with Crippen LogP contribution in [0.25, 0.3) is 0 Å². The number of anilines is 1. The Balaban J connectivity index is 2.76. The molecular weight excluding hydrogens is 268 g/mol. The normalized spacial score (nSPS) is 12.7. The summed E-state index contributed by atoms with van der Waals surface area (Å²) in [5.41, 5.74) is 1.21. The second-order valence-electron chi connectivity index (χ2n) is 6.02. The van der Waals surface area contributed by atoms with E-state index in [2.05, 4.69) is 10.6 Å². The summed E-state index contributed by atoms with van der Waals surface area (Å²) >= 11 is 0. The van der Waals surface area contributed by atoms with Crippen molar-refractivity contribution in [2.75, 3.05) is 11.9 Å². The molecule has 5 nitrogen and oxygen atoms in total. The molecule has 1 atom stereocenters. The van der Waals surface area contributed by atoms with E-state index < -0.39 is 0 Å². The molecule has 1 aromatic carbocycles. The number of nitrogens with one attached hydrogen (secondary N) is 2. The largest absolute Gasteiger partial charge is 0.494 e. The van der Waals surface area contributed by atoms with Crippen molar-refractivity contribution in [2.24, 2.45) is 0 Å². The molecule has 1 unspecified atom stereocenters. The topological polar surface area (TPSA) is 70.6 Å². The molecule has 0 saturated carbocycles. The Labute approximate surface area is 126 Å². The molecule has 0 aliphatic rings. The molecule has 0 bridgehead atoms. The molecule has 0 aromatic heterocycles. The van der Waals surface area contributed by atoms with Crippen LogP contribution in [0.3, 0.4) is 0 Å². The van der Waals surface area contributed by atoms with E-state index in [4.69, 9.17) is 4.74 Å². The highest BCUT2D eigenvalue weighted by atomic mass is 16.5. The molecule has 3 N–H and O–H groups in total. The van der Waals surface area contributed by atoms with Crippen LogP contribution < -0.4 is 15.4 Å². The first-order chi connectivity index (χ1) is 9.76. The third-order valence-electron chi connectivity index (χ3n) is 2.81. The number of aliphatic hydroxyl groups is 1. The van der Waals surface area contributed by atoms with E-state index in [0.29, 0.717) is 17.9 Å². The van der Waals surface area contributed by atoms with Gasteiger partial charge in [0.25, 0.3) is 0 Å². The van der Waals surface area contributed by atoms with Gasteiger partial charge < -0.3 is 20.5 Å². The molecule has 0 fully saturated rings. The zero-order valence-electron chi connectivity index (χ0n) is 13.5. The average Bonchev–Trinajstić information content (AvgIpc) is 2.38. The SMILES string of the molecule is CCOc1ccc(NC(C)C(=O)NC(C)(C)C)cc1CO. The van der Waals surface area contributed by atoms with Crippen LogP contribution in [0, 0.1) is 0 Å². The van der Waals surface area contributed by atoms with Gasteiger partial charge in [0.05, 0.1) is 13.2 Å². The first-order valence-corrected chi connectivity index (χ1v) is 7.22. The molecule has 0 aliphatic heterocycles. The van der Waals surface area contributed by atoms with Crippen molar-refractivity contribution < 1.29 is 14.6 Å². The molecule has 21 heavy (non-hydrogen) atoms. The van der Waals surface area contributed by atoms with Crippen molar-refractivity contribution >= 4 is 11.6 Å². The van der Waals surface area contributed by atoms with Gasteiger partial charge in [0.15, 0.2) is 0 Å². The molecular formula is C16H26N2O3. The Morgan fingerprint density at radius 2 is 2.05 bits per heavy atom. The quantitative estimate of drug-likeness (QED) is 0.753. The minimum Gasteiger partial charge on any atom is -0.494 e. The van der Waals surface area contributed by atoms with E-state index in [0.717, 1.165) is 5.69 Å². The Morgan fingerprint density at radius 3 is 2.57 bits per heavy atom. The number of aliphatic hydroxyl groups excluding tert-OH is 1. The van der Waals surface area contributed by atoms with Crippen LogP contribution in [0.1, 0.15) is 40.2 Å². The third kappa shape index (κ3) is 5.63. The number of amides is 1. The van der Waals surface area contributed by atoms with Crippen molar-refractivity contribution in [3.63, 3.8) is 0 Å². The number of benzene rings is 1. The summed E-state index contributed by atoms with van der Waals surface area (Å²) in [4.78, 5) is 12.0. The van der Waals surface area contributed by atoms with Crippen molar-refractivity contribution in [1.82, 2.24) is 5.32 Å². The number of carbonyl (C=O) groups excluding carboxylic acids is 1. The van der Waals surface area contributed by atoms with E-state index in [1.54, 1.807) is 19.1 Å². The summed E-state index contributed by atoms with van der Waals surface area (Å²) in [5, 5.41) is 15.4. The lowest BCUT2D eigenvalue weighted by Crippen LogP contribution is -2.47. The lowest BCUT2D eigenvalue weighted by Gasteiger charge is -2.24. The lowest BCUT2D eigenvalue weighted by atomic mass is 10.1. The number of rotatable bonds is 6. The second kappa shape index (κ2) is 7.31. The van der Waals surface area contributed by atoms with Gasteiger partial charge >= 0.3 is 0 Å². The summed E-state index contributed by atoms with van der Waals surface area (Å²) in [5.74, 6) is 0.597. The first-order valence-electron chi connectivity index (χ1n) is 7.22. The van der Waals surface area contributed by atoms with Crippen molar-refractivity contribution in [2.45, 2.75) is 52.8 Å². The van der Waals surface area contributed by atoms with Gasteiger partial charge in [-0.3, -0.25) is 4.79 Å². The van der Waals surface area contributed by atoms with Crippen LogP contribution in [0.15, 0.2) is 18.2 Å². The maximum atomic E-state index is 12.0. The summed E-state index contributed by atoms with van der Waals surface area (Å²) in [6.07, 6.45) is 0. The molecule has 5 heteroatoms. The van der Waals surface area contributed by atoms with E-state index in [9.17, 15) is 9.90 Å². The summed E-state index contributed by atoms with van der Waals surface area (Å²) in [7, 11) is 0. The average molecular weight is 294 g/mol. The van der Waals surface area contributed by atoms with E-state index >= 15 is 0 Å². The Bertz CT molecular complexity index is 481. The van der Waals surface area contributed by atoms with Crippen LogP contribution in [-0.4, -0.2) is 29.2 Å². The molecule has 0 radical (unpaired) electrons. The Hall–Kier alpha value is -1.75. The van der Waals surface area contributed by atoms with Gasteiger partial charge in [-0.05, 0) is 52.8 Å². The highest BCUT2D eigenvalue weighted by Crippen LogP contribution is 2.23. The predicted molar refractivity (Wildman–Crippen MR) is 84.5 cm³/mol. The molecule has 0 spiro atoms. The molecule has 1 rings (SSSR count). The molecule has 1 amide bonds. The zero-order chi connectivity index (χ0) is 16.0. The molecule has 1 aromatic rings. The fraction of sp³-hybridized carbons (Fsp3) is 0.562. The predicted octanol–water partition coefficient (Wildman–Crippen LogP) is 2.29. The molecule has 0 saturated heterocycles. The highest BCUT2D eigenvalue weighted by Gasteiger charge is 2.19. The van der Waals surface area contributed by atoms with Crippen molar-refractivity contribution in [1.29, 1.82) is 0 Å². The molecule has 118 valence electrons. The minimum absolute atomic E-state index is 0.0677. The third-order valence-corrected chi connectivity index (χ3v) is 2.81. The number of ether oxygens (including phenoxy) is 1. The second-order valence-corrected chi connectivity index (χ2v) is 6.02. The molecule has 0 aliphatic carbocycles. The minimum atomic E-state index is -0.367. The van der Waals surface area contributed by atoms with Crippen molar-refractivity contribution in [3.05, 3.63) is 23.8 Å². The smallest absolute Gasteiger partial charge is 0.242 e. The van der Waals surface area contributed by atoms with Crippen LogP contribution >= 0.6 is 0 Å². The Morgan fingerprint density at radius 1 is 1.38 bits per heavy atom. The zero-order valence-corrected chi connectivity index (χ0v) is 13.5.